The zero-order valence-electron chi connectivity index (χ0n) is 13.2. The van der Waals surface area contributed by atoms with Crippen molar-refractivity contribution in [1.29, 1.82) is 0 Å². The molecule has 0 fully saturated rings. The SMILES string of the molecule is O=C(COc1ccccc1[N+](=O)[O-])N/N=C\c1cc2c(cc1Cl)OCO2. The first-order valence-corrected chi connectivity index (χ1v) is 7.69. The van der Waals surface area contributed by atoms with E-state index in [4.69, 9.17) is 25.8 Å². The maximum absolute atomic E-state index is 11.8. The summed E-state index contributed by atoms with van der Waals surface area (Å²) in [5.74, 6) is 0.475. The maximum Gasteiger partial charge on any atom is 0.310 e. The lowest BCUT2D eigenvalue weighted by Crippen LogP contribution is -2.24. The number of carbonyl (C=O) groups excluding carboxylic acids is 1. The molecule has 2 aromatic rings. The average Bonchev–Trinajstić information content (AvgIpc) is 3.07. The molecule has 134 valence electrons. The Morgan fingerprint density at radius 3 is 2.85 bits per heavy atom. The summed E-state index contributed by atoms with van der Waals surface area (Å²) in [4.78, 5) is 22.1. The molecule has 1 aliphatic heterocycles. The van der Waals surface area contributed by atoms with Crippen LogP contribution in [0, 0.1) is 10.1 Å². The number of para-hydroxylation sites is 2. The lowest BCUT2D eigenvalue weighted by molar-refractivity contribution is -0.385. The van der Waals surface area contributed by atoms with Crippen molar-refractivity contribution in [3.8, 4) is 17.2 Å². The minimum absolute atomic E-state index is 0.00422. The molecule has 0 radical (unpaired) electrons. The number of hydrogen-bond acceptors (Lipinski definition) is 7. The third-order valence-corrected chi connectivity index (χ3v) is 3.63. The fourth-order valence-electron chi connectivity index (χ4n) is 2.11. The number of hydrogen-bond donors (Lipinski definition) is 1. The Kier molecular flexibility index (Phi) is 5.18. The van der Waals surface area contributed by atoms with Gasteiger partial charge in [-0.15, -0.1) is 0 Å². The van der Waals surface area contributed by atoms with Crippen molar-refractivity contribution in [2.24, 2.45) is 5.10 Å². The van der Waals surface area contributed by atoms with E-state index in [0.29, 0.717) is 22.1 Å². The number of carbonyl (C=O) groups is 1. The van der Waals surface area contributed by atoms with Gasteiger partial charge in [-0.2, -0.15) is 5.10 Å². The van der Waals surface area contributed by atoms with E-state index < -0.39 is 17.4 Å². The first-order valence-electron chi connectivity index (χ1n) is 7.32. The van der Waals surface area contributed by atoms with Crippen LogP contribution in [0.4, 0.5) is 5.69 Å². The summed E-state index contributed by atoms with van der Waals surface area (Å²) < 4.78 is 15.6. The van der Waals surface area contributed by atoms with Gasteiger partial charge in [-0.25, -0.2) is 5.43 Å². The summed E-state index contributed by atoms with van der Waals surface area (Å²) in [6, 6.07) is 8.98. The van der Waals surface area contributed by atoms with Gasteiger partial charge in [0, 0.05) is 17.7 Å². The molecule has 0 aromatic heterocycles. The second-order valence-corrected chi connectivity index (χ2v) is 5.44. The summed E-state index contributed by atoms with van der Waals surface area (Å²) in [5, 5.41) is 15.0. The number of nitrogens with one attached hydrogen (secondary N) is 1. The molecule has 1 amide bonds. The minimum Gasteiger partial charge on any atom is -0.477 e. The van der Waals surface area contributed by atoms with E-state index in [1.54, 1.807) is 18.2 Å². The number of rotatable bonds is 6. The summed E-state index contributed by atoms with van der Waals surface area (Å²) in [5.41, 5.74) is 2.55. The Hall–Kier alpha value is -3.33. The molecule has 0 saturated heterocycles. The highest BCUT2D eigenvalue weighted by atomic mass is 35.5. The predicted octanol–water partition coefficient (Wildman–Crippen LogP) is 2.51. The molecule has 1 aliphatic rings. The Morgan fingerprint density at radius 2 is 2.08 bits per heavy atom. The van der Waals surface area contributed by atoms with Gasteiger partial charge in [0.05, 0.1) is 16.2 Å². The normalized spacial score (nSPS) is 12.2. The van der Waals surface area contributed by atoms with Crippen LogP contribution in [-0.4, -0.2) is 30.4 Å². The molecular weight excluding hydrogens is 366 g/mol. The zero-order chi connectivity index (χ0) is 18.5. The molecule has 0 atom stereocenters. The lowest BCUT2D eigenvalue weighted by atomic mass is 10.2. The van der Waals surface area contributed by atoms with Crippen molar-refractivity contribution < 1.29 is 23.9 Å². The van der Waals surface area contributed by atoms with Crippen LogP contribution in [0.25, 0.3) is 0 Å². The molecule has 0 spiro atoms. The number of amides is 1. The van der Waals surface area contributed by atoms with E-state index in [-0.39, 0.29) is 18.2 Å². The molecule has 10 heteroatoms. The topological polar surface area (TPSA) is 112 Å². The van der Waals surface area contributed by atoms with Gasteiger partial charge in [-0.1, -0.05) is 23.7 Å². The molecule has 1 N–H and O–H groups in total. The smallest absolute Gasteiger partial charge is 0.310 e. The van der Waals surface area contributed by atoms with Crippen LogP contribution < -0.4 is 19.6 Å². The summed E-state index contributed by atoms with van der Waals surface area (Å²) in [6.45, 7) is -0.316. The van der Waals surface area contributed by atoms with E-state index in [0.717, 1.165) is 0 Å². The quantitative estimate of drug-likeness (QED) is 0.470. The van der Waals surface area contributed by atoms with Crippen molar-refractivity contribution in [2.45, 2.75) is 0 Å². The average molecular weight is 378 g/mol. The van der Waals surface area contributed by atoms with Crippen LogP contribution in [0.5, 0.6) is 17.2 Å². The highest BCUT2D eigenvalue weighted by Crippen LogP contribution is 2.36. The number of halogens is 1. The molecule has 0 bridgehead atoms. The first-order chi connectivity index (χ1) is 12.5. The van der Waals surface area contributed by atoms with Crippen LogP contribution in [0.2, 0.25) is 5.02 Å². The third kappa shape index (κ3) is 4.01. The van der Waals surface area contributed by atoms with Crippen LogP contribution in [-0.2, 0) is 4.79 Å². The van der Waals surface area contributed by atoms with Gasteiger partial charge in [-0.3, -0.25) is 14.9 Å². The van der Waals surface area contributed by atoms with Crippen LogP contribution >= 0.6 is 11.6 Å². The van der Waals surface area contributed by atoms with E-state index in [2.05, 4.69) is 10.5 Å². The van der Waals surface area contributed by atoms with Crippen molar-refractivity contribution in [1.82, 2.24) is 5.43 Å². The number of nitro benzene ring substituents is 1. The predicted molar refractivity (Wildman–Crippen MR) is 91.9 cm³/mol. The van der Waals surface area contributed by atoms with Gasteiger partial charge in [-0.05, 0) is 12.1 Å². The number of hydrazone groups is 1. The number of nitro groups is 1. The Labute approximate surface area is 152 Å². The maximum atomic E-state index is 11.8. The number of nitrogens with zero attached hydrogens (tertiary/aromatic N) is 2. The van der Waals surface area contributed by atoms with Gasteiger partial charge < -0.3 is 14.2 Å². The van der Waals surface area contributed by atoms with Gasteiger partial charge in [0.2, 0.25) is 6.79 Å². The van der Waals surface area contributed by atoms with Gasteiger partial charge in [0.15, 0.2) is 23.9 Å². The van der Waals surface area contributed by atoms with E-state index >= 15 is 0 Å². The van der Waals surface area contributed by atoms with E-state index in [1.807, 2.05) is 0 Å². The van der Waals surface area contributed by atoms with Crippen LogP contribution in [0.1, 0.15) is 5.56 Å². The molecule has 0 aliphatic carbocycles. The standard InChI is InChI=1S/C16H12ClN3O6/c17-11-6-15-14(25-9-26-15)5-10(11)7-18-19-16(21)8-24-13-4-2-1-3-12(13)20(22)23/h1-7H,8-9H2,(H,19,21)/b18-7-. The molecule has 3 rings (SSSR count). The summed E-state index contributed by atoms with van der Waals surface area (Å²) in [6.07, 6.45) is 1.34. The van der Waals surface area contributed by atoms with Gasteiger partial charge in [0.1, 0.15) is 0 Å². The third-order valence-electron chi connectivity index (χ3n) is 3.31. The molecular formula is C16H12ClN3O6. The summed E-state index contributed by atoms with van der Waals surface area (Å²) >= 11 is 6.08. The second kappa shape index (κ2) is 7.70. The van der Waals surface area contributed by atoms with Crippen molar-refractivity contribution >= 4 is 29.4 Å². The number of benzene rings is 2. The highest BCUT2D eigenvalue weighted by Gasteiger charge is 2.16. The van der Waals surface area contributed by atoms with Crippen molar-refractivity contribution in [3.05, 3.63) is 57.1 Å². The van der Waals surface area contributed by atoms with Crippen molar-refractivity contribution in [2.75, 3.05) is 13.4 Å². The molecule has 1 heterocycles. The lowest BCUT2D eigenvalue weighted by Gasteiger charge is -2.05. The Balaban J connectivity index is 1.56. The fraction of sp³-hybridized carbons (Fsp3) is 0.125. The van der Waals surface area contributed by atoms with Crippen LogP contribution in [0.15, 0.2) is 41.5 Å². The molecule has 9 nitrogen and oxygen atoms in total. The Morgan fingerprint density at radius 1 is 1.35 bits per heavy atom. The van der Waals surface area contributed by atoms with Gasteiger partial charge in [0.25, 0.3) is 5.91 Å². The van der Waals surface area contributed by atoms with Crippen molar-refractivity contribution in [3.63, 3.8) is 0 Å². The van der Waals surface area contributed by atoms with E-state index in [1.165, 1.54) is 24.4 Å². The molecule has 26 heavy (non-hydrogen) atoms. The molecule has 0 saturated carbocycles. The monoisotopic (exact) mass is 377 g/mol. The number of fused-ring (bicyclic) bond motifs is 1. The van der Waals surface area contributed by atoms with E-state index in [9.17, 15) is 14.9 Å². The molecule has 2 aromatic carbocycles. The summed E-state index contributed by atoms with van der Waals surface area (Å²) in [7, 11) is 0. The largest absolute Gasteiger partial charge is 0.477 e. The zero-order valence-corrected chi connectivity index (χ0v) is 13.9. The fourth-order valence-corrected chi connectivity index (χ4v) is 2.31. The Bertz CT molecular complexity index is 886. The number of ether oxygens (including phenoxy) is 3. The van der Waals surface area contributed by atoms with Gasteiger partial charge >= 0.3 is 5.69 Å². The first kappa shape index (κ1) is 17.5. The minimum atomic E-state index is -0.590. The highest BCUT2D eigenvalue weighted by molar-refractivity contribution is 6.33. The van der Waals surface area contributed by atoms with Crippen LogP contribution in [0.3, 0.4) is 0 Å². The second-order valence-electron chi connectivity index (χ2n) is 5.03. The molecule has 0 unspecified atom stereocenters.